The number of amides is 1. The highest BCUT2D eigenvalue weighted by molar-refractivity contribution is 9.10. The molecule has 2 N–H and O–H groups in total. The Hall–Kier alpha value is -1.92. The van der Waals surface area contributed by atoms with Gasteiger partial charge in [0.25, 0.3) is 0 Å². The Bertz CT molecular complexity index is 714. The second-order valence-electron chi connectivity index (χ2n) is 7.57. The maximum Gasteiger partial charge on any atom is 0.407 e. The van der Waals surface area contributed by atoms with Crippen molar-refractivity contribution in [2.24, 2.45) is 0 Å². The monoisotopic (exact) mass is 434 g/mol. The second kappa shape index (κ2) is 9.85. The van der Waals surface area contributed by atoms with E-state index in [9.17, 15) is 9.90 Å². The number of nitrogens with one attached hydrogen (secondary N) is 1. The lowest BCUT2D eigenvalue weighted by Gasteiger charge is -2.26. The first-order valence-corrected chi connectivity index (χ1v) is 9.85. The van der Waals surface area contributed by atoms with Crippen molar-refractivity contribution in [3.8, 4) is 0 Å². The van der Waals surface area contributed by atoms with E-state index in [0.717, 1.165) is 17.3 Å². The number of carbonyl (C=O) groups is 1. The molecule has 0 aliphatic rings. The minimum atomic E-state index is -0.922. The molecule has 1 unspecified atom stereocenters. The number of aliphatic hydroxyl groups excluding tert-OH is 1. The molecule has 0 spiro atoms. The van der Waals surface area contributed by atoms with E-state index < -0.39 is 23.8 Å². The van der Waals surface area contributed by atoms with Gasteiger partial charge in [0.2, 0.25) is 0 Å². The topological polar surface area (TPSA) is 71.5 Å². The summed E-state index contributed by atoms with van der Waals surface area (Å²) in [6, 6.07) is 11.7. The molecule has 0 saturated heterocycles. The van der Waals surface area contributed by atoms with Crippen molar-refractivity contribution < 1.29 is 14.6 Å². The molecule has 2 rings (SSSR count). The van der Waals surface area contributed by atoms with Crippen LogP contribution < -0.4 is 5.32 Å². The van der Waals surface area contributed by atoms with Crippen molar-refractivity contribution in [3.05, 3.63) is 64.4 Å². The summed E-state index contributed by atoms with van der Waals surface area (Å²) >= 11 is 3.43. The Kier molecular flexibility index (Phi) is 7.80. The van der Waals surface area contributed by atoms with E-state index in [-0.39, 0.29) is 0 Å². The Balaban J connectivity index is 2.01. The fourth-order valence-electron chi connectivity index (χ4n) is 2.68. The van der Waals surface area contributed by atoms with Crippen molar-refractivity contribution in [1.29, 1.82) is 0 Å². The maximum absolute atomic E-state index is 12.2. The molecular formula is C21H27BrN2O3. The number of hydrogen-bond acceptors (Lipinski definition) is 4. The molecule has 0 radical (unpaired) electrons. The Morgan fingerprint density at radius 3 is 2.56 bits per heavy atom. The average Bonchev–Trinajstić information content (AvgIpc) is 2.61. The largest absolute Gasteiger partial charge is 0.443 e. The number of hydrogen-bond donors (Lipinski definition) is 2. The quantitative estimate of drug-likeness (QED) is 0.656. The molecule has 2 atom stereocenters. The van der Waals surface area contributed by atoms with Crippen LogP contribution in [0.5, 0.6) is 0 Å². The summed E-state index contributed by atoms with van der Waals surface area (Å²) < 4.78 is 6.60. The summed E-state index contributed by atoms with van der Waals surface area (Å²) in [6.45, 7) is 5.65. The highest BCUT2D eigenvalue weighted by Gasteiger charge is 2.26. The van der Waals surface area contributed by atoms with Crippen molar-refractivity contribution in [2.75, 3.05) is 0 Å². The normalized spacial score (nSPS) is 13.7. The van der Waals surface area contributed by atoms with E-state index in [1.807, 2.05) is 32.9 Å². The van der Waals surface area contributed by atoms with E-state index in [0.29, 0.717) is 12.0 Å². The van der Waals surface area contributed by atoms with Crippen molar-refractivity contribution >= 4 is 22.0 Å². The van der Waals surface area contributed by atoms with Gasteiger partial charge in [0.05, 0.1) is 0 Å². The molecular weight excluding hydrogens is 408 g/mol. The average molecular weight is 435 g/mol. The number of carbonyl (C=O) groups excluding carboxylic acids is 1. The smallest absolute Gasteiger partial charge is 0.407 e. The molecule has 0 saturated carbocycles. The number of ether oxygens (including phenoxy) is 1. The predicted molar refractivity (Wildman–Crippen MR) is 109 cm³/mol. The molecule has 0 aliphatic heterocycles. The highest BCUT2D eigenvalue weighted by Crippen LogP contribution is 2.23. The number of aryl methyl sites for hydroxylation is 1. The number of aliphatic hydroxyl groups is 1. The van der Waals surface area contributed by atoms with Gasteiger partial charge in [-0.2, -0.15) is 0 Å². The van der Waals surface area contributed by atoms with Gasteiger partial charge in [0.15, 0.2) is 0 Å². The molecule has 6 heteroatoms. The van der Waals surface area contributed by atoms with Gasteiger partial charge < -0.3 is 15.2 Å². The molecule has 146 valence electrons. The van der Waals surface area contributed by atoms with Crippen molar-refractivity contribution in [1.82, 2.24) is 10.3 Å². The molecule has 2 aromatic rings. The first-order valence-electron chi connectivity index (χ1n) is 9.06. The number of rotatable bonds is 7. The third-order valence-electron chi connectivity index (χ3n) is 3.98. The van der Waals surface area contributed by atoms with Crippen LogP contribution in [0, 0.1) is 0 Å². The van der Waals surface area contributed by atoms with Crippen LogP contribution in [0.1, 0.15) is 50.8 Å². The van der Waals surface area contributed by atoms with Crippen LogP contribution in [0.3, 0.4) is 0 Å². The number of benzene rings is 1. The fourth-order valence-corrected chi connectivity index (χ4v) is 2.94. The number of aromatic nitrogens is 1. The summed E-state index contributed by atoms with van der Waals surface area (Å²) in [4.78, 5) is 16.3. The zero-order chi connectivity index (χ0) is 19.9. The molecule has 27 heavy (non-hydrogen) atoms. The van der Waals surface area contributed by atoms with Gasteiger partial charge in [-0.15, -0.1) is 0 Å². The summed E-state index contributed by atoms with van der Waals surface area (Å²) in [7, 11) is 0. The zero-order valence-corrected chi connectivity index (χ0v) is 17.6. The second-order valence-corrected chi connectivity index (χ2v) is 8.48. The molecule has 0 fully saturated rings. The Morgan fingerprint density at radius 1 is 1.26 bits per heavy atom. The van der Waals surface area contributed by atoms with Gasteiger partial charge >= 0.3 is 6.09 Å². The van der Waals surface area contributed by atoms with Crippen LogP contribution in [0.15, 0.2) is 53.3 Å². The number of pyridine rings is 1. The summed E-state index contributed by atoms with van der Waals surface area (Å²) in [5, 5.41) is 13.5. The zero-order valence-electron chi connectivity index (χ0n) is 16.0. The first-order chi connectivity index (χ1) is 12.7. The van der Waals surface area contributed by atoms with Crippen LogP contribution in [0.4, 0.5) is 4.79 Å². The van der Waals surface area contributed by atoms with Crippen LogP contribution in [0.25, 0.3) is 0 Å². The summed E-state index contributed by atoms with van der Waals surface area (Å²) in [5.74, 6) is 0. The number of nitrogens with zero attached hydrogens (tertiary/aromatic N) is 1. The maximum atomic E-state index is 12.2. The van der Waals surface area contributed by atoms with Crippen molar-refractivity contribution in [2.45, 2.75) is 57.8 Å². The van der Waals surface area contributed by atoms with Gasteiger partial charge in [0, 0.05) is 28.0 Å². The van der Waals surface area contributed by atoms with Crippen LogP contribution in [0.2, 0.25) is 0 Å². The molecule has 1 amide bonds. The molecule has 1 aromatic carbocycles. The van der Waals surface area contributed by atoms with Crippen LogP contribution >= 0.6 is 15.9 Å². The van der Waals surface area contributed by atoms with E-state index in [2.05, 4.69) is 38.4 Å². The van der Waals surface area contributed by atoms with Gasteiger partial charge in [-0.3, -0.25) is 4.98 Å². The Labute approximate surface area is 169 Å². The van der Waals surface area contributed by atoms with Crippen molar-refractivity contribution in [3.63, 3.8) is 0 Å². The van der Waals surface area contributed by atoms with Gasteiger partial charge in [-0.05, 0) is 63.8 Å². The SMILES string of the molecule is CC(C)(C)NC(=O)OC(CCCc1ccc(Br)cc1)[C@H](O)c1cccnc1. The van der Waals surface area contributed by atoms with E-state index in [1.165, 1.54) is 5.56 Å². The van der Waals surface area contributed by atoms with Crippen LogP contribution in [-0.4, -0.2) is 27.8 Å². The molecule has 0 aliphatic carbocycles. The number of halogens is 1. The lowest BCUT2D eigenvalue weighted by atomic mass is 9.99. The third kappa shape index (κ3) is 7.69. The van der Waals surface area contributed by atoms with Gasteiger partial charge in [-0.1, -0.05) is 34.1 Å². The predicted octanol–water partition coefficient (Wildman–Crippen LogP) is 4.79. The summed E-state index contributed by atoms with van der Waals surface area (Å²) in [6.07, 6.45) is 3.31. The summed E-state index contributed by atoms with van der Waals surface area (Å²) in [5.41, 5.74) is 1.43. The lowest BCUT2D eigenvalue weighted by molar-refractivity contribution is -0.00600. The Morgan fingerprint density at radius 2 is 1.96 bits per heavy atom. The molecule has 1 aromatic heterocycles. The third-order valence-corrected chi connectivity index (χ3v) is 4.51. The van der Waals surface area contributed by atoms with E-state index in [4.69, 9.17) is 4.74 Å². The molecule has 5 nitrogen and oxygen atoms in total. The van der Waals surface area contributed by atoms with Crippen LogP contribution in [-0.2, 0) is 11.2 Å². The minimum absolute atomic E-state index is 0.404. The molecule has 1 heterocycles. The van der Waals surface area contributed by atoms with Gasteiger partial charge in [-0.25, -0.2) is 4.79 Å². The highest BCUT2D eigenvalue weighted by atomic mass is 79.9. The van der Waals surface area contributed by atoms with E-state index in [1.54, 1.807) is 24.5 Å². The molecule has 0 bridgehead atoms. The van der Waals surface area contributed by atoms with Gasteiger partial charge in [0.1, 0.15) is 12.2 Å². The fraction of sp³-hybridized carbons (Fsp3) is 0.429. The number of alkyl carbamates (subject to hydrolysis) is 1. The first kappa shape index (κ1) is 21.4. The van der Waals surface area contributed by atoms with E-state index >= 15 is 0 Å². The standard InChI is InChI=1S/C21H27BrN2O3/c1-21(2,3)24-20(26)27-18(19(25)16-7-5-13-23-14-16)8-4-6-15-9-11-17(22)12-10-15/h5,7,9-14,18-19,25H,4,6,8H2,1-3H3,(H,24,26)/t18?,19-/m1/s1. The lowest BCUT2D eigenvalue weighted by Crippen LogP contribution is -2.43. The minimum Gasteiger partial charge on any atom is -0.443 e.